The first-order chi connectivity index (χ1) is 17.2. The Morgan fingerprint density at radius 3 is 2.19 bits per heavy atom. The third kappa shape index (κ3) is 4.93. The van der Waals surface area contributed by atoms with Gasteiger partial charge in [0, 0.05) is 41.7 Å². The van der Waals surface area contributed by atoms with Gasteiger partial charge in [0.2, 0.25) is 0 Å². The molecule has 0 bridgehead atoms. The molecule has 2 heterocycles. The summed E-state index contributed by atoms with van der Waals surface area (Å²) in [6.07, 6.45) is 2.22. The van der Waals surface area contributed by atoms with Gasteiger partial charge in [0.05, 0.1) is 5.69 Å². The summed E-state index contributed by atoms with van der Waals surface area (Å²) >= 11 is 0. The van der Waals surface area contributed by atoms with Gasteiger partial charge < -0.3 is 16.0 Å². The number of hydrogen-bond acceptors (Lipinski definition) is 4. The van der Waals surface area contributed by atoms with E-state index in [0.717, 1.165) is 22.4 Å². The largest absolute Gasteiger partial charge is 0.387 e. The monoisotopic (exact) mass is 478 g/mol. The molecule has 0 atom stereocenters. The molecule has 0 spiro atoms. The van der Waals surface area contributed by atoms with Crippen LogP contribution in [-0.4, -0.2) is 28.1 Å². The fourth-order valence-electron chi connectivity index (χ4n) is 4.61. The average Bonchev–Trinajstić information content (AvgIpc) is 3.19. The van der Waals surface area contributed by atoms with Crippen LogP contribution in [0.4, 0.5) is 5.69 Å². The zero-order valence-corrected chi connectivity index (χ0v) is 20.8. The summed E-state index contributed by atoms with van der Waals surface area (Å²) in [5.74, 6) is 0.304. The number of rotatable bonds is 3. The van der Waals surface area contributed by atoms with E-state index in [1.807, 2.05) is 86.3 Å². The summed E-state index contributed by atoms with van der Waals surface area (Å²) in [6, 6.07) is 21.6. The third-order valence-electron chi connectivity index (χ3n) is 6.37. The molecule has 6 nitrogen and oxygen atoms in total. The number of nitrogens with one attached hydrogen (secondary N) is 1. The van der Waals surface area contributed by atoms with Gasteiger partial charge in [-0.1, -0.05) is 48.5 Å². The Morgan fingerprint density at radius 2 is 1.56 bits per heavy atom. The first kappa shape index (κ1) is 23.5. The second-order valence-electron chi connectivity index (χ2n) is 10.4. The zero-order valence-electron chi connectivity index (χ0n) is 20.8. The number of nitrogens with two attached hydrogens (primary N) is 1. The van der Waals surface area contributed by atoms with E-state index in [0.29, 0.717) is 36.5 Å². The minimum atomic E-state index is -0.294. The lowest BCUT2D eigenvalue weighted by Crippen LogP contribution is -2.40. The highest BCUT2D eigenvalue weighted by atomic mass is 16.2. The van der Waals surface area contributed by atoms with Gasteiger partial charge in [-0.2, -0.15) is 0 Å². The standard InChI is InChI=1S/C30H30N4O2/c1-30(2,3)33-28(35)20-10-8-19(9-11-20)21-12-13-22-14-25(16-27(31)32-26(22)15-21)29(36)34-17-23-6-4-5-7-24(23)18-34/h4-15H,16-18H2,1-3H3,(H2,31,32)(H,33,35). The van der Waals surface area contributed by atoms with E-state index in [4.69, 9.17) is 5.73 Å². The molecule has 3 N–H and O–H groups in total. The smallest absolute Gasteiger partial charge is 0.251 e. The Kier molecular flexibility index (Phi) is 5.96. The number of carbonyl (C=O) groups excluding carboxylic acids is 2. The summed E-state index contributed by atoms with van der Waals surface area (Å²) in [6.45, 7) is 7.09. The Morgan fingerprint density at radius 1 is 0.917 bits per heavy atom. The molecule has 182 valence electrons. The van der Waals surface area contributed by atoms with Gasteiger partial charge in [-0.15, -0.1) is 0 Å². The normalized spacial score (nSPS) is 14.8. The van der Waals surface area contributed by atoms with Gasteiger partial charge in [-0.25, -0.2) is 4.99 Å². The quantitative estimate of drug-likeness (QED) is 0.542. The number of aliphatic imine (C=N–C) groups is 1. The topological polar surface area (TPSA) is 87.8 Å². The van der Waals surface area contributed by atoms with Crippen molar-refractivity contribution in [3.05, 3.63) is 94.6 Å². The molecule has 0 radical (unpaired) electrons. The van der Waals surface area contributed by atoms with Crippen molar-refractivity contribution in [1.82, 2.24) is 10.2 Å². The molecule has 0 saturated carbocycles. The maximum Gasteiger partial charge on any atom is 0.251 e. The van der Waals surface area contributed by atoms with Crippen LogP contribution in [0, 0.1) is 0 Å². The number of carbonyl (C=O) groups is 2. The lowest BCUT2D eigenvalue weighted by atomic mass is 9.99. The lowest BCUT2D eigenvalue weighted by molar-refractivity contribution is -0.127. The molecular formula is C30H30N4O2. The Hall–Kier alpha value is -4.19. The zero-order chi connectivity index (χ0) is 25.4. The molecular weight excluding hydrogens is 448 g/mol. The van der Waals surface area contributed by atoms with Crippen LogP contribution in [0.3, 0.4) is 0 Å². The fraction of sp³-hybridized carbons (Fsp3) is 0.233. The minimum absolute atomic E-state index is 0.00889. The van der Waals surface area contributed by atoms with Gasteiger partial charge in [0.15, 0.2) is 0 Å². The van der Waals surface area contributed by atoms with Crippen molar-refractivity contribution in [2.75, 3.05) is 0 Å². The van der Waals surface area contributed by atoms with Crippen LogP contribution in [0.15, 0.2) is 77.3 Å². The van der Waals surface area contributed by atoms with Crippen molar-refractivity contribution in [3.8, 4) is 11.1 Å². The molecule has 2 aliphatic heterocycles. The number of benzene rings is 3. The van der Waals surface area contributed by atoms with Gasteiger partial charge in [0.1, 0.15) is 5.84 Å². The predicted molar refractivity (Wildman–Crippen MR) is 144 cm³/mol. The summed E-state index contributed by atoms with van der Waals surface area (Å²) in [4.78, 5) is 32.3. The van der Waals surface area contributed by atoms with Crippen LogP contribution in [-0.2, 0) is 17.9 Å². The van der Waals surface area contributed by atoms with Crippen LogP contribution in [0.25, 0.3) is 17.2 Å². The van der Waals surface area contributed by atoms with E-state index >= 15 is 0 Å². The van der Waals surface area contributed by atoms with Crippen molar-refractivity contribution in [2.24, 2.45) is 10.7 Å². The molecule has 0 aliphatic carbocycles. The maximum atomic E-state index is 13.4. The minimum Gasteiger partial charge on any atom is -0.387 e. The molecule has 2 amide bonds. The van der Waals surface area contributed by atoms with Crippen LogP contribution in [0.2, 0.25) is 0 Å². The molecule has 36 heavy (non-hydrogen) atoms. The van der Waals surface area contributed by atoms with Gasteiger partial charge in [-0.05, 0) is 67.3 Å². The summed E-state index contributed by atoms with van der Waals surface area (Å²) < 4.78 is 0. The van der Waals surface area contributed by atoms with Crippen molar-refractivity contribution >= 4 is 29.4 Å². The first-order valence-electron chi connectivity index (χ1n) is 12.1. The molecule has 0 unspecified atom stereocenters. The molecule has 5 rings (SSSR count). The van der Waals surface area contributed by atoms with E-state index < -0.39 is 0 Å². The summed E-state index contributed by atoms with van der Waals surface area (Å²) in [5, 5.41) is 2.98. The summed E-state index contributed by atoms with van der Waals surface area (Å²) in [5.41, 5.74) is 13.1. The third-order valence-corrected chi connectivity index (χ3v) is 6.37. The Bertz CT molecular complexity index is 1390. The molecule has 0 saturated heterocycles. The predicted octanol–water partition coefficient (Wildman–Crippen LogP) is 5.20. The van der Waals surface area contributed by atoms with Crippen molar-refractivity contribution < 1.29 is 9.59 Å². The van der Waals surface area contributed by atoms with Gasteiger partial charge in [0.25, 0.3) is 11.8 Å². The molecule has 0 aromatic heterocycles. The molecule has 2 aliphatic rings. The van der Waals surface area contributed by atoms with Crippen molar-refractivity contribution in [3.63, 3.8) is 0 Å². The van der Waals surface area contributed by atoms with Crippen LogP contribution in [0.5, 0.6) is 0 Å². The first-order valence-corrected chi connectivity index (χ1v) is 12.1. The van der Waals surface area contributed by atoms with E-state index in [2.05, 4.69) is 22.4 Å². The summed E-state index contributed by atoms with van der Waals surface area (Å²) in [7, 11) is 0. The van der Waals surface area contributed by atoms with Crippen LogP contribution < -0.4 is 11.1 Å². The molecule has 3 aromatic rings. The second-order valence-corrected chi connectivity index (χ2v) is 10.4. The van der Waals surface area contributed by atoms with Crippen molar-refractivity contribution in [2.45, 2.75) is 45.8 Å². The van der Waals surface area contributed by atoms with E-state index in [-0.39, 0.29) is 17.4 Å². The van der Waals surface area contributed by atoms with Crippen molar-refractivity contribution in [1.29, 1.82) is 0 Å². The van der Waals surface area contributed by atoms with E-state index in [1.54, 1.807) is 0 Å². The number of fused-ring (bicyclic) bond motifs is 2. The highest BCUT2D eigenvalue weighted by Gasteiger charge is 2.27. The molecule has 0 fully saturated rings. The SMILES string of the molecule is CC(C)(C)NC(=O)c1ccc(-c2ccc3c(c2)N=C(N)CC(C(=O)N2Cc4ccccc4C2)=C3)cc1. The number of nitrogens with zero attached hydrogens (tertiary/aromatic N) is 2. The maximum absolute atomic E-state index is 13.4. The average molecular weight is 479 g/mol. The van der Waals surface area contributed by atoms with E-state index in [9.17, 15) is 9.59 Å². The van der Waals surface area contributed by atoms with Gasteiger partial charge in [-0.3, -0.25) is 9.59 Å². The number of amides is 2. The lowest BCUT2D eigenvalue weighted by Gasteiger charge is -2.20. The number of hydrogen-bond donors (Lipinski definition) is 2. The fourth-order valence-corrected chi connectivity index (χ4v) is 4.61. The van der Waals surface area contributed by atoms with E-state index in [1.165, 1.54) is 11.1 Å². The molecule has 6 heteroatoms. The van der Waals surface area contributed by atoms with Gasteiger partial charge >= 0.3 is 0 Å². The highest BCUT2D eigenvalue weighted by Crippen LogP contribution is 2.33. The highest BCUT2D eigenvalue weighted by molar-refractivity contribution is 6.05. The Labute approximate surface area is 211 Å². The van der Waals surface area contributed by atoms with Crippen LogP contribution >= 0.6 is 0 Å². The molecule has 3 aromatic carbocycles. The number of amidine groups is 1. The second kappa shape index (κ2) is 9.11. The van der Waals surface area contributed by atoms with Crippen LogP contribution in [0.1, 0.15) is 54.2 Å². The Balaban J connectivity index is 1.38.